The molecule has 0 saturated carbocycles. The van der Waals surface area contributed by atoms with Gasteiger partial charge >= 0.3 is 0 Å². The highest BCUT2D eigenvalue weighted by molar-refractivity contribution is 5.89. The number of likely N-dealkylation sites (tertiary alicyclic amines) is 1. The van der Waals surface area contributed by atoms with E-state index < -0.39 is 5.41 Å². The van der Waals surface area contributed by atoms with Crippen molar-refractivity contribution in [1.82, 2.24) is 10.2 Å². The molecule has 6 heteroatoms. The Labute approximate surface area is 179 Å². The van der Waals surface area contributed by atoms with Crippen LogP contribution in [-0.2, 0) is 19.7 Å². The van der Waals surface area contributed by atoms with Crippen LogP contribution in [0.4, 0.5) is 4.39 Å². The van der Waals surface area contributed by atoms with E-state index in [-0.39, 0.29) is 23.5 Å². The van der Waals surface area contributed by atoms with Crippen molar-refractivity contribution in [2.45, 2.75) is 63.7 Å². The van der Waals surface area contributed by atoms with Crippen molar-refractivity contribution < 1.29 is 18.7 Å². The molecule has 2 heterocycles. The van der Waals surface area contributed by atoms with Crippen LogP contribution in [0.2, 0.25) is 0 Å². The van der Waals surface area contributed by atoms with Crippen molar-refractivity contribution in [3.8, 4) is 0 Å². The molecule has 0 aromatic heterocycles. The average molecular weight is 419 g/mol. The molecule has 0 bridgehead atoms. The average Bonchev–Trinajstić information content (AvgIpc) is 2.79. The van der Waals surface area contributed by atoms with E-state index in [0.29, 0.717) is 45.7 Å². The Kier molecular flexibility index (Phi) is 8.25. The maximum atomic E-state index is 14.0. The van der Waals surface area contributed by atoms with Gasteiger partial charge in [0.1, 0.15) is 5.82 Å². The first-order chi connectivity index (χ1) is 14.6. The molecule has 5 nitrogen and oxygen atoms in total. The Bertz CT molecular complexity index is 718. The standard InChI is InChI=1S/C24H35FN2O3/c1-2-3-4-5-13-26-22(28)19-8-7-14-27(18-19)23(29)24(11-15-30-16-12-24)20-9-6-10-21(25)17-20/h6,9-10,17,19H,2-5,7-8,11-16,18H2,1H3,(H,26,28). The van der Waals surface area contributed by atoms with Gasteiger partial charge in [-0.1, -0.05) is 38.3 Å². The van der Waals surface area contributed by atoms with E-state index in [1.54, 1.807) is 6.07 Å². The molecule has 1 aromatic carbocycles. The zero-order valence-electron chi connectivity index (χ0n) is 18.1. The second-order valence-corrected chi connectivity index (χ2v) is 8.65. The second-order valence-electron chi connectivity index (χ2n) is 8.65. The molecule has 2 fully saturated rings. The van der Waals surface area contributed by atoms with Crippen LogP contribution in [0.15, 0.2) is 24.3 Å². The highest BCUT2D eigenvalue weighted by Gasteiger charge is 2.45. The number of ether oxygens (including phenoxy) is 1. The molecular formula is C24H35FN2O3. The summed E-state index contributed by atoms with van der Waals surface area (Å²) in [5.74, 6) is -0.434. The maximum absolute atomic E-state index is 14.0. The highest BCUT2D eigenvalue weighted by Crippen LogP contribution is 2.38. The lowest BCUT2D eigenvalue weighted by atomic mass is 9.72. The van der Waals surface area contributed by atoms with Gasteiger partial charge in [-0.05, 0) is 49.8 Å². The number of hydrogen-bond donors (Lipinski definition) is 1. The minimum Gasteiger partial charge on any atom is -0.381 e. The Balaban J connectivity index is 1.67. The van der Waals surface area contributed by atoms with E-state index in [9.17, 15) is 14.0 Å². The van der Waals surface area contributed by atoms with E-state index in [0.717, 1.165) is 31.2 Å². The SMILES string of the molecule is CCCCCCNC(=O)C1CCCN(C(=O)C2(c3cccc(F)c3)CCOCC2)C1. The lowest BCUT2D eigenvalue weighted by molar-refractivity contribution is -0.144. The van der Waals surface area contributed by atoms with Gasteiger partial charge in [-0.2, -0.15) is 0 Å². The molecule has 2 aliphatic rings. The van der Waals surface area contributed by atoms with Crippen LogP contribution in [-0.4, -0.2) is 49.6 Å². The number of amides is 2. The molecule has 1 N–H and O–H groups in total. The summed E-state index contributed by atoms with van der Waals surface area (Å²) < 4.78 is 19.5. The largest absolute Gasteiger partial charge is 0.381 e. The summed E-state index contributed by atoms with van der Waals surface area (Å²) in [6, 6.07) is 6.40. The van der Waals surface area contributed by atoms with Crippen LogP contribution in [0.3, 0.4) is 0 Å². The van der Waals surface area contributed by atoms with Gasteiger partial charge in [-0.3, -0.25) is 9.59 Å². The Morgan fingerprint density at radius 3 is 2.77 bits per heavy atom. The number of unbranched alkanes of at least 4 members (excludes halogenated alkanes) is 3. The van der Waals surface area contributed by atoms with E-state index in [1.165, 1.54) is 25.0 Å². The Hall–Kier alpha value is -1.95. The van der Waals surface area contributed by atoms with Crippen LogP contribution < -0.4 is 5.32 Å². The third-order valence-corrected chi connectivity index (χ3v) is 6.54. The molecule has 0 radical (unpaired) electrons. The number of nitrogens with one attached hydrogen (secondary N) is 1. The summed E-state index contributed by atoms with van der Waals surface area (Å²) >= 11 is 0. The van der Waals surface area contributed by atoms with E-state index in [4.69, 9.17) is 4.74 Å². The number of nitrogens with zero attached hydrogens (tertiary/aromatic N) is 1. The van der Waals surface area contributed by atoms with Gasteiger partial charge in [-0.25, -0.2) is 4.39 Å². The number of rotatable bonds is 8. The van der Waals surface area contributed by atoms with Crippen LogP contribution in [0.25, 0.3) is 0 Å². The summed E-state index contributed by atoms with van der Waals surface area (Å²) in [5, 5.41) is 3.05. The van der Waals surface area contributed by atoms with Crippen molar-refractivity contribution in [2.75, 3.05) is 32.8 Å². The van der Waals surface area contributed by atoms with E-state index >= 15 is 0 Å². The summed E-state index contributed by atoms with van der Waals surface area (Å²) in [6.45, 7) is 4.93. The Morgan fingerprint density at radius 2 is 2.03 bits per heavy atom. The first-order valence-electron chi connectivity index (χ1n) is 11.5. The van der Waals surface area contributed by atoms with Gasteiger partial charge in [0.2, 0.25) is 11.8 Å². The molecule has 1 unspecified atom stereocenters. The molecule has 1 aromatic rings. The first kappa shape index (κ1) is 22.7. The van der Waals surface area contributed by atoms with Crippen LogP contribution in [0.1, 0.15) is 63.9 Å². The van der Waals surface area contributed by atoms with Crippen molar-refractivity contribution in [1.29, 1.82) is 0 Å². The van der Waals surface area contributed by atoms with Crippen LogP contribution >= 0.6 is 0 Å². The lowest BCUT2D eigenvalue weighted by Crippen LogP contribution is -2.54. The summed E-state index contributed by atoms with van der Waals surface area (Å²) in [5.41, 5.74) is -0.0444. The third kappa shape index (κ3) is 5.39. The van der Waals surface area contributed by atoms with Gasteiger partial charge in [0.25, 0.3) is 0 Å². The van der Waals surface area contributed by atoms with Crippen molar-refractivity contribution in [3.63, 3.8) is 0 Å². The normalized spacial score (nSPS) is 21.3. The number of halogens is 1. The van der Waals surface area contributed by atoms with Gasteiger partial charge in [0, 0.05) is 32.8 Å². The summed E-state index contributed by atoms with van der Waals surface area (Å²) in [4.78, 5) is 28.2. The van der Waals surface area contributed by atoms with Crippen molar-refractivity contribution in [2.24, 2.45) is 5.92 Å². The van der Waals surface area contributed by atoms with Crippen LogP contribution in [0, 0.1) is 11.7 Å². The molecule has 1 atom stereocenters. The van der Waals surface area contributed by atoms with Gasteiger partial charge < -0.3 is 15.0 Å². The lowest BCUT2D eigenvalue weighted by Gasteiger charge is -2.42. The molecule has 2 amide bonds. The molecule has 30 heavy (non-hydrogen) atoms. The number of hydrogen-bond acceptors (Lipinski definition) is 3. The van der Waals surface area contributed by atoms with Crippen molar-refractivity contribution in [3.05, 3.63) is 35.6 Å². The summed E-state index contributed by atoms with van der Waals surface area (Å²) in [7, 11) is 0. The van der Waals surface area contributed by atoms with Crippen molar-refractivity contribution >= 4 is 11.8 Å². The summed E-state index contributed by atoms with van der Waals surface area (Å²) in [6.07, 6.45) is 7.19. The maximum Gasteiger partial charge on any atom is 0.233 e. The third-order valence-electron chi connectivity index (χ3n) is 6.54. The molecule has 2 saturated heterocycles. The number of carbonyl (C=O) groups excluding carboxylic acids is 2. The first-order valence-corrected chi connectivity index (χ1v) is 11.5. The Morgan fingerprint density at radius 1 is 1.23 bits per heavy atom. The van der Waals surface area contributed by atoms with E-state index in [2.05, 4.69) is 12.2 Å². The monoisotopic (exact) mass is 418 g/mol. The molecule has 2 aliphatic heterocycles. The van der Waals surface area contributed by atoms with Gasteiger partial charge in [-0.15, -0.1) is 0 Å². The number of carbonyl (C=O) groups is 2. The zero-order chi connectivity index (χ0) is 21.4. The fourth-order valence-electron chi connectivity index (χ4n) is 4.72. The zero-order valence-corrected chi connectivity index (χ0v) is 18.1. The number of piperidine rings is 1. The van der Waals surface area contributed by atoms with Crippen LogP contribution in [0.5, 0.6) is 0 Å². The molecule has 0 aliphatic carbocycles. The van der Waals surface area contributed by atoms with E-state index in [1.807, 2.05) is 11.0 Å². The minimum absolute atomic E-state index is 0.0110. The number of benzene rings is 1. The molecule has 3 rings (SSSR count). The topological polar surface area (TPSA) is 58.6 Å². The fraction of sp³-hybridized carbons (Fsp3) is 0.667. The van der Waals surface area contributed by atoms with Gasteiger partial charge in [0.05, 0.1) is 11.3 Å². The predicted octanol–water partition coefficient (Wildman–Crippen LogP) is 3.81. The van der Waals surface area contributed by atoms with Gasteiger partial charge in [0.15, 0.2) is 0 Å². The smallest absolute Gasteiger partial charge is 0.233 e. The fourth-order valence-corrected chi connectivity index (χ4v) is 4.72. The molecular weight excluding hydrogens is 383 g/mol. The predicted molar refractivity (Wildman–Crippen MR) is 115 cm³/mol. The molecule has 0 spiro atoms. The quantitative estimate of drug-likeness (QED) is 0.653. The minimum atomic E-state index is -0.765. The second kappa shape index (κ2) is 10.9. The highest BCUT2D eigenvalue weighted by atomic mass is 19.1. The molecule has 166 valence electrons.